The normalized spacial score (nSPS) is 14.0. The third-order valence-corrected chi connectivity index (χ3v) is 4.90. The minimum atomic E-state index is -0.230. The Morgan fingerprint density at radius 2 is 1.96 bits per heavy atom. The van der Waals surface area contributed by atoms with Crippen LogP contribution in [-0.4, -0.2) is 23.2 Å². The Kier molecular flexibility index (Phi) is 3.46. The van der Waals surface area contributed by atoms with E-state index in [1.54, 1.807) is 7.11 Å². The van der Waals surface area contributed by atoms with Crippen molar-refractivity contribution in [1.82, 2.24) is 10.2 Å². The predicted molar refractivity (Wildman–Crippen MR) is 90.3 cm³/mol. The zero-order valence-corrected chi connectivity index (χ0v) is 13.4. The Labute approximate surface area is 137 Å². The molecule has 5 nitrogen and oxygen atoms in total. The highest BCUT2D eigenvalue weighted by Gasteiger charge is 2.28. The Hall–Kier alpha value is -2.47. The van der Waals surface area contributed by atoms with Crippen LogP contribution in [0.2, 0.25) is 0 Å². The van der Waals surface area contributed by atoms with Crippen LogP contribution in [-0.2, 0) is 0 Å². The summed E-state index contributed by atoms with van der Waals surface area (Å²) in [7, 11) is 1.57. The first-order valence-electron chi connectivity index (χ1n) is 7.46. The Morgan fingerprint density at radius 3 is 2.65 bits per heavy atom. The minimum Gasteiger partial charge on any atom is -0.496 e. The number of anilines is 1. The van der Waals surface area contributed by atoms with Crippen LogP contribution in [0, 0.1) is 0 Å². The standard InChI is InChI=1S/C17H15N3O2S/c1-22-14-9-12-5-3-2-4-11(12)8-13(14)15(21)18-17-20-19-16(23-17)10-6-7-10/h2-5,8-10H,6-7H2,1H3,(H,18,20,21). The smallest absolute Gasteiger partial charge is 0.261 e. The highest BCUT2D eigenvalue weighted by Crippen LogP contribution is 2.42. The van der Waals surface area contributed by atoms with Gasteiger partial charge in [0, 0.05) is 5.92 Å². The first kappa shape index (κ1) is 14.1. The van der Waals surface area contributed by atoms with Crippen molar-refractivity contribution in [2.24, 2.45) is 0 Å². The van der Waals surface area contributed by atoms with E-state index in [9.17, 15) is 4.79 Å². The number of nitrogens with one attached hydrogen (secondary N) is 1. The number of aromatic nitrogens is 2. The summed E-state index contributed by atoms with van der Waals surface area (Å²) in [5, 5.41) is 14.6. The van der Waals surface area contributed by atoms with Gasteiger partial charge >= 0.3 is 0 Å². The van der Waals surface area contributed by atoms with Crippen LogP contribution in [0.15, 0.2) is 36.4 Å². The van der Waals surface area contributed by atoms with Gasteiger partial charge in [-0.25, -0.2) is 0 Å². The number of hydrogen-bond acceptors (Lipinski definition) is 5. The number of nitrogens with zero attached hydrogens (tertiary/aromatic N) is 2. The maximum absolute atomic E-state index is 12.6. The molecule has 1 aromatic heterocycles. The predicted octanol–water partition coefficient (Wildman–Crippen LogP) is 3.83. The first-order chi connectivity index (χ1) is 11.2. The molecule has 0 atom stereocenters. The average Bonchev–Trinajstić information content (AvgIpc) is 3.33. The fourth-order valence-corrected chi connectivity index (χ4v) is 3.42. The molecule has 1 aliphatic rings. The molecule has 1 N–H and O–H groups in total. The van der Waals surface area contributed by atoms with Crippen molar-refractivity contribution >= 4 is 33.1 Å². The second-order valence-electron chi connectivity index (χ2n) is 5.57. The van der Waals surface area contributed by atoms with Crippen LogP contribution >= 0.6 is 11.3 Å². The molecule has 1 fully saturated rings. The Balaban J connectivity index is 1.64. The molecular formula is C17H15N3O2S. The third-order valence-electron chi connectivity index (χ3n) is 3.90. The second-order valence-corrected chi connectivity index (χ2v) is 6.58. The molecule has 6 heteroatoms. The van der Waals surface area contributed by atoms with Gasteiger partial charge in [0.1, 0.15) is 10.8 Å². The van der Waals surface area contributed by atoms with Gasteiger partial charge in [-0.2, -0.15) is 0 Å². The van der Waals surface area contributed by atoms with E-state index in [2.05, 4.69) is 15.5 Å². The van der Waals surface area contributed by atoms with Gasteiger partial charge in [0.2, 0.25) is 5.13 Å². The van der Waals surface area contributed by atoms with E-state index in [-0.39, 0.29) is 5.91 Å². The molecule has 1 amide bonds. The topological polar surface area (TPSA) is 64.1 Å². The molecule has 0 radical (unpaired) electrons. The molecule has 1 aliphatic carbocycles. The van der Waals surface area contributed by atoms with Gasteiger partial charge in [-0.15, -0.1) is 10.2 Å². The number of methoxy groups -OCH3 is 1. The van der Waals surface area contributed by atoms with Crippen LogP contribution in [0.3, 0.4) is 0 Å². The van der Waals surface area contributed by atoms with Crippen molar-refractivity contribution in [1.29, 1.82) is 0 Å². The van der Waals surface area contributed by atoms with E-state index >= 15 is 0 Å². The van der Waals surface area contributed by atoms with Gasteiger partial charge in [0.05, 0.1) is 12.7 Å². The number of rotatable bonds is 4. The summed E-state index contributed by atoms with van der Waals surface area (Å²) in [5.74, 6) is 0.854. The highest BCUT2D eigenvalue weighted by molar-refractivity contribution is 7.15. The van der Waals surface area contributed by atoms with Gasteiger partial charge < -0.3 is 4.74 Å². The fourth-order valence-electron chi connectivity index (χ4n) is 2.51. The molecule has 2 aromatic carbocycles. The SMILES string of the molecule is COc1cc2ccccc2cc1C(=O)Nc1nnc(C2CC2)s1. The zero-order valence-electron chi connectivity index (χ0n) is 12.6. The molecule has 0 unspecified atom stereocenters. The Morgan fingerprint density at radius 1 is 1.22 bits per heavy atom. The first-order valence-corrected chi connectivity index (χ1v) is 8.28. The average molecular weight is 325 g/mol. The molecule has 23 heavy (non-hydrogen) atoms. The lowest BCUT2D eigenvalue weighted by molar-refractivity contribution is 0.102. The maximum atomic E-state index is 12.6. The molecule has 0 aliphatic heterocycles. The van der Waals surface area contributed by atoms with Gasteiger partial charge in [-0.05, 0) is 35.7 Å². The summed E-state index contributed by atoms with van der Waals surface area (Å²) in [6.45, 7) is 0. The molecule has 3 aromatic rings. The van der Waals surface area contributed by atoms with Crippen LogP contribution < -0.4 is 10.1 Å². The number of carbonyl (C=O) groups excluding carboxylic acids is 1. The van der Waals surface area contributed by atoms with Crippen molar-refractivity contribution in [2.75, 3.05) is 12.4 Å². The van der Waals surface area contributed by atoms with Crippen molar-refractivity contribution in [3.63, 3.8) is 0 Å². The lowest BCUT2D eigenvalue weighted by Crippen LogP contribution is -2.13. The van der Waals surface area contributed by atoms with E-state index in [0.717, 1.165) is 15.8 Å². The van der Waals surface area contributed by atoms with Gasteiger partial charge in [0.25, 0.3) is 5.91 Å². The van der Waals surface area contributed by atoms with E-state index in [0.29, 0.717) is 22.4 Å². The molecule has 0 saturated heterocycles. The number of amides is 1. The second kappa shape index (κ2) is 5.62. The van der Waals surface area contributed by atoms with E-state index < -0.39 is 0 Å². The highest BCUT2D eigenvalue weighted by atomic mass is 32.1. The zero-order chi connectivity index (χ0) is 15.8. The summed E-state index contributed by atoms with van der Waals surface area (Å²) < 4.78 is 5.37. The molecule has 0 spiro atoms. The van der Waals surface area contributed by atoms with Crippen LogP contribution in [0.4, 0.5) is 5.13 Å². The fraction of sp³-hybridized carbons (Fsp3) is 0.235. The minimum absolute atomic E-state index is 0.230. The van der Waals surface area contributed by atoms with Gasteiger partial charge in [0.15, 0.2) is 0 Å². The molecule has 1 heterocycles. The molecule has 116 valence electrons. The summed E-state index contributed by atoms with van der Waals surface area (Å²) in [5.41, 5.74) is 0.495. The summed E-state index contributed by atoms with van der Waals surface area (Å²) >= 11 is 1.45. The van der Waals surface area contributed by atoms with E-state index in [1.807, 2.05) is 36.4 Å². The van der Waals surface area contributed by atoms with Crippen molar-refractivity contribution in [3.05, 3.63) is 47.0 Å². The lowest BCUT2D eigenvalue weighted by atomic mass is 10.1. The number of carbonyl (C=O) groups is 1. The summed E-state index contributed by atoms with van der Waals surface area (Å²) in [6, 6.07) is 11.6. The monoisotopic (exact) mass is 325 g/mol. The number of fused-ring (bicyclic) bond motifs is 1. The third kappa shape index (κ3) is 2.77. The van der Waals surface area contributed by atoms with Crippen molar-refractivity contribution in [2.45, 2.75) is 18.8 Å². The van der Waals surface area contributed by atoms with Crippen molar-refractivity contribution in [3.8, 4) is 5.75 Å². The summed E-state index contributed by atoms with van der Waals surface area (Å²) in [6.07, 6.45) is 2.34. The maximum Gasteiger partial charge on any atom is 0.261 e. The van der Waals surface area contributed by atoms with Crippen LogP contribution in [0.25, 0.3) is 10.8 Å². The largest absolute Gasteiger partial charge is 0.496 e. The Bertz CT molecular complexity index is 886. The number of hydrogen-bond donors (Lipinski definition) is 1. The molecule has 0 bridgehead atoms. The van der Waals surface area contributed by atoms with Gasteiger partial charge in [-0.3, -0.25) is 10.1 Å². The summed E-state index contributed by atoms with van der Waals surface area (Å²) in [4.78, 5) is 12.6. The van der Waals surface area contributed by atoms with Crippen molar-refractivity contribution < 1.29 is 9.53 Å². The van der Waals surface area contributed by atoms with E-state index in [1.165, 1.54) is 24.2 Å². The lowest BCUT2D eigenvalue weighted by Gasteiger charge is -2.09. The van der Waals surface area contributed by atoms with E-state index in [4.69, 9.17) is 4.74 Å². The molecular weight excluding hydrogens is 310 g/mol. The van der Waals surface area contributed by atoms with Crippen LogP contribution in [0.1, 0.15) is 34.1 Å². The quantitative estimate of drug-likeness (QED) is 0.792. The van der Waals surface area contributed by atoms with Crippen LogP contribution in [0.5, 0.6) is 5.75 Å². The van der Waals surface area contributed by atoms with Gasteiger partial charge in [-0.1, -0.05) is 35.6 Å². The number of ether oxygens (including phenoxy) is 1. The number of benzene rings is 2. The molecule has 1 saturated carbocycles. The molecule has 4 rings (SSSR count).